The molecule has 0 fully saturated rings. The van der Waals surface area contributed by atoms with Crippen molar-refractivity contribution in [3.63, 3.8) is 0 Å². The fourth-order valence-corrected chi connectivity index (χ4v) is 1.64. The summed E-state index contributed by atoms with van der Waals surface area (Å²) in [4.78, 5) is 4.62. The lowest BCUT2D eigenvalue weighted by atomic mass is 10.3. The van der Waals surface area contributed by atoms with Crippen LogP contribution >= 0.6 is 11.8 Å². The Kier molecular flexibility index (Phi) is 3.41. The van der Waals surface area contributed by atoms with Crippen molar-refractivity contribution in [2.75, 3.05) is 6.26 Å². The Morgan fingerprint density at radius 1 is 1.12 bits per heavy atom. The van der Waals surface area contributed by atoms with Crippen molar-refractivity contribution in [2.45, 2.75) is 4.90 Å². The number of hydrogen-bond acceptors (Lipinski definition) is 3. The van der Waals surface area contributed by atoms with Crippen molar-refractivity contribution in [3.8, 4) is 11.5 Å². The van der Waals surface area contributed by atoms with Gasteiger partial charge in [0.25, 0.3) is 0 Å². The van der Waals surface area contributed by atoms with Gasteiger partial charge in [0.05, 0.1) is 0 Å². The number of aromatic nitrogens is 1. The Morgan fingerprint density at radius 3 is 2.50 bits per heavy atom. The third kappa shape index (κ3) is 2.73. The predicted molar refractivity (Wildman–Crippen MR) is 62.5 cm³/mol. The molecule has 0 N–H and O–H groups in total. The van der Waals surface area contributed by atoms with Crippen LogP contribution in [0.1, 0.15) is 0 Å². The van der Waals surface area contributed by atoms with E-state index in [0.717, 1.165) is 4.90 Å². The summed E-state index contributed by atoms with van der Waals surface area (Å²) in [6.07, 6.45) is 3.38. The molecule has 2 rings (SSSR count). The fraction of sp³-hybridized carbons (Fsp3) is 0.0833. The quantitative estimate of drug-likeness (QED) is 0.597. The standard InChI is InChI=1S/C12H10FNOS/c1-16-11-4-2-9(3-5-11)15-10-6-7-14-12(13)8-10/h2-8H,1H3. The minimum Gasteiger partial charge on any atom is -0.457 e. The first-order chi connectivity index (χ1) is 7.78. The molecule has 0 atom stereocenters. The van der Waals surface area contributed by atoms with Gasteiger partial charge in [-0.2, -0.15) is 4.39 Å². The molecule has 2 aromatic rings. The Labute approximate surface area is 97.5 Å². The largest absolute Gasteiger partial charge is 0.457 e. The smallest absolute Gasteiger partial charge is 0.216 e. The minimum atomic E-state index is -0.543. The molecule has 0 spiro atoms. The van der Waals surface area contributed by atoms with Crippen LogP contribution in [0.4, 0.5) is 4.39 Å². The fourth-order valence-electron chi connectivity index (χ4n) is 1.23. The maximum Gasteiger partial charge on any atom is 0.216 e. The van der Waals surface area contributed by atoms with Gasteiger partial charge < -0.3 is 4.74 Å². The summed E-state index contributed by atoms with van der Waals surface area (Å²) in [5, 5.41) is 0. The second-order valence-electron chi connectivity index (χ2n) is 3.09. The van der Waals surface area contributed by atoms with E-state index in [0.29, 0.717) is 11.5 Å². The van der Waals surface area contributed by atoms with Crippen LogP contribution in [-0.4, -0.2) is 11.2 Å². The van der Waals surface area contributed by atoms with Gasteiger partial charge in [-0.1, -0.05) is 0 Å². The molecule has 0 saturated carbocycles. The van der Waals surface area contributed by atoms with Gasteiger partial charge in [0, 0.05) is 17.2 Å². The van der Waals surface area contributed by atoms with Gasteiger partial charge in [-0.05, 0) is 36.6 Å². The highest BCUT2D eigenvalue weighted by molar-refractivity contribution is 7.98. The lowest BCUT2D eigenvalue weighted by Crippen LogP contribution is -1.87. The lowest BCUT2D eigenvalue weighted by Gasteiger charge is -2.05. The number of nitrogens with zero attached hydrogens (tertiary/aromatic N) is 1. The molecule has 1 aromatic carbocycles. The second kappa shape index (κ2) is 4.99. The van der Waals surface area contributed by atoms with E-state index in [9.17, 15) is 4.39 Å². The van der Waals surface area contributed by atoms with Crippen LogP contribution in [0.15, 0.2) is 47.5 Å². The molecule has 16 heavy (non-hydrogen) atoms. The second-order valence-corrected chi connectivity index (χ2v) is 3.97. The molecule has 0 radical (unpaired) electrons. The first kappa shape index (κ1) is 11.0. The van der Waals surface area contributed by atoms with Crippen LogP contribution in [-0.2, 0) is 0 Å². The summed E-state index contributed by atoms with van der Waals surface area (Å²) in [6.45, 7) is 0. The molecule has 1 aromatic heterocycles. The van der Waals surface area contributed by atoms with Gasteiger partial charge in [0.2, 0.25) is 5.95 Å². The molecule has 0 saturated heterocycles. The van der Waals surface area contributed by atoms with E-state index in [1.807, 2.05) is 30.5 Å². The van der Waals surface area contributed by atoms with Crippen LogP contribution in [0.25, 0.3) is 0 Å². The molecule has 0 aliphatic heterocycles. The maximum absolute atomic E-state index is 12.8. The molecule has 2 nitrogen and oxygen atoms in total. The highest BCUT2D eigenvalue weighted by atomic mass is 32.2. The zero-order valence-electron chi connectivity index (χ0n) is 8.68. The Hall–Kier alpha value is -1.55. The Balaban J connectivity index is 2.14. The van der Waals surface area contributed by atoms with Crippen molar-refractivity contribution in [1.29, 1.82) is 0 Å². The van der Waals surface area contributed by atoms with E-state index < -0.39 is 5.95 Å². The number of pyridine rings is 1. The van der Waals surface area contributed by atoms with Gasteiger partial charge in [-0.25, -0.2) is 4.98 Å². The van der Waals surface area contributed by atoms with Crippen LogP contribution in [0.5, 0.6) is 11.5 Å². The average Bonchev–Trinajstić information content (AvgIpc) is 2.30. The number of hydrogen-bond donors (Lipinski definition) is 0. The van der Waals surface area contributed by atoms with E-state index in [4.69, 9.17) is 4.74 Å². The van der Waals surface area contributed by atoms with Gasteiger partial charge in [0.1, 0.15) is 11.5 Å². The third-order valence-corrected chi connectivity index (χ3v) is 2.74. The third-order valence-electron chi connectivity index (χ3n) is 1.99. The van der Waals surface area contributed by atoms with E-state index in [2.05, 4.69) is 4.98 Å². The molecule has 0 amide bonds. The molecule has 0 aliphatic carbocycles. The van der Waals surface area contributed by atoms with Crippen molar-refractivity contribution >= 4 is 11.8 Å². The lowest BCUT2D eigenvalue weighted by molar-refractivity contribution is 0.471. The first-order valence-corrected chi connectivity index (χ1v) is 5.94. The van der Waals surface area contributed by atoms with Crippen molar-refractivity contribution in [1.82, 2.24) is 4.98 Å². The van der Waals surface area contributed by atoms with Crippen molar-refractivity contribution in [2.24, 2.45) is 0 Å². The molecule has 4 heteroatoms. The van der Waals surface area contributed by atoms with Gasteiger partial charge in [-0.3, -0.25) is 0 Å². The number of ether oxygens (including phenoxy) is 1. The van der Waals surface area contributed by atoms with Crippen LogP contribution < -0.4 is 4.74 Å². The van der Waals surface area contributed by atoms with Gasteiger partial charge in [0.15, 0.2) is 0 Å². The van der Waals surface area contributed by atoms with Crippen LogP contribution in [0.2, 0.25) is 0 Å². The molecule has 1 heterocycles. The summed E-state index contributed by atoms with van der Waals surface area (Å²) in [5.74, 6) is 0.589. The summed E-state index contributed by atoms with van der Waals surface area (Å²) in [7, 11) is 0. The van der Waals surface area contributed by atoms with Crippen LogP contribution in [0, 0.1) is 5.95 Å². The number of rotatable bonds is 3. The molecule has 0 aliphatic rings. The van der Waals surface area contributed by atoms with Crippen LogP contribution in [0.3, 0.4) is 0 Å². The number of thioether (sulfide) groups is 1. The molecule has 82 valence electrons. The monoisotopic (exact) mass is 235 g/mol. The zero-order valence-corrected chi connectivity index (χ0v) is 9.50. The van der Waals surface area contributed by atoms with Crippen molar-refractivity contribution in [3.05, 3.63) is 48.5 Å². The minimum absolute atomic E-state index is 0.449. The highest BCUT2D eigenvalue weighted by Gasteiger charge is 1.99. The molecular formula is C12H10FNOS. The maximum atomic E-state index is 12.8. The SMILES string of the molecule is CSc1ccc(Oc2ccnc(F)c2)cc1. The van der Waals surface area contributed by atoms with E-state index >= 15 is 0 Å². The van der Waals surface area contributed by atoms with Gasteiger partial charge >= 0.3 is 0 Å². The van der Waals surface area contributed by atoms with E-state index in [1.165, 1.54) is 12.3 Å². The number of halogens is 1. The summed E-state index contributed by atoms with van der Waals surface area (Å²) >= 11 is 1.66. The topological polar surface area (TPSA) is 22.1 Å². The summed E-state index contributed by atoms with van der Waals surface area (Å²) < 4.78 is 18.3. The molecular weight excluding hydrogens is 225 g/mol. The normalized spacial score (nSPS) is 10.1. The van der Waals surface area contributed by atoms with E-state index in [1.54, 1.807) is 17.8 Å². The van der Waals surface area contributed by atoms with Gasteiger partial charge in [-0.15, -0.1) is 11.8 Å². The Morgan fingerprint density at radius 2 is 1.88 bits per heavy atom. The highest BCUT2D eigenvalue weighted by Crippen LogP contribution is 2.24. The summed E-state index contributed by atoms with van der Waals surface area (Å²) in [5.41, 5.74) is 0. The first-order valence-electron chi connectivity index (χ1n) is 4.71. The summed E-state index contributed by atoms with van der Waals surface area (Å²) in [6, 6.07) is 10.5. The van der Waals surface area contributed by atoms with E-state index in [-0.39, 0.29) is 0 Å². The molecule has 0 unspecified atom stereocenters. The number of benzene rings is 1. The van der Waals surface area contributed by atoms with Crippen molar-refractivity contribution < 1.29 is 9.13 Å². The predicted octanol–water partition coefficient (Wildman–Crippen LogP) is 3.73. The average molecular weight is 235 g/mol. The zero-order chi connectivity index (χ0) is 11.4. The molecule has 0 bridgehead atoms. The Bertz CT molecular complexity index is 473.